The normalized spacial score (nSPS) is 11.8. The van der Waals surface area contributed by atoms with Crippen LogP contribution in [0.1, 0.15) is 12.0 Å². The summed E-state index contributed by atoms with van der Waals surface area (Å²) in [6.45, 7) is -0.195. The highest BCUT2D eigenvalue weighted by Crippen LogP contribution is 2.06. The van der Waals surface area contributed by atoms with Crippen LogP contribution >= 0.6 is 0 Å². The number of carboxylic acids is 1. The van der Waals surface area contributed by atoms with Gasteiger partial charge in [0.1, 0.15) is 11.9 Å². The monoisotopic (exact) mass is 284 g/mol. The molecule has 0 aliphatic carbocycles. The van der Waals surface area contributed by atoms with Crippen molar-refractivity contribution < 1.29 is 24.2 Å². The zero-order chi connectivity index (χ0) is 15.1. The molecule has 3 N–H and O–H groups in total. The van der Waals surface area contributed by atoms with Crippen LogP contribution in [0, 0.1) is 5.82 Å². The summed E-state index contributed by atoms with van der Waals surface area (Å²) in [5.41, 5.74) is 0.594. The lowest BCUT2D eigenvalue weighted by Crippen LogP contribution is -2.46. The summed E-state index contributed by atoms with van der Waals surface area (Å²) in [5.74, 6) is -1.62. The molecule has 1 aromatic carbocycles. The van der Waals surface area contributed by atoms with Gasteiger partial charge in [-0.2, -0.15) is 0 Å². The van der Waals surface area contributed by atoms with Crippen molar-refractivity contribution in [2.24, 2.45) is 0 Å². The molecule has 1 aromatic rings. The van der Waals surface area contributed by atoms with E-state index in [9.17, 15) is 14.0 Å². The van der Waals surface area contributed by atoms with E-state index in [1.807, 2.05) is 0 Å². The van der Waals surface area contributed by atoms with Crippen molar-refractivity contribution in [2.75, 3.05) is 13.7 Å². The first-order valence-electron chi connectivity index (χ1n) is 6.03. The molecule has 0 aromatic heterocycles. The number of carbonyl (C=O) groups is 2. The Balaban J connectivity index is 2.60. The smallest absolute Gasteiger partial charge is 0.326 e. The van der Waals surface area contributed by atoms with Crippen LogP contribution in [0.5, 0.6) is 0 Å². The Hall–Kier alpha value is -2.15. The Morgan fingerprint density at radius 3 is 2.70 bits per heavy atom. The van der Waals surface area contributed by atoms with Crippen molar-refractivity contribution in [3.8, 4) is 0 Å². The summed E-state index contributed by atoms with van der Waals surface area (Å²) in [5, 5.41) is 19.9. The van der Waals surface area contributed by atoms with Crippen molar-refractivity contribution in [2.45, 2.75) is 19.0 Å². The number of benzene rings is 1. The van der Waals surface area contributed by atoms with E-state index in [0.717, 1.165) is 0 Å². The lowest BCUT2D eigenvalue weighted by atomic mass is 10.2. The Bertz CT molecular complexity index is 481. The van der Waals surface area contributed by atoms with Crippen LogP contribution < -0.4 is 5.32 Å². The maximum absolute atomic E-state index is 13.0. The topological polar surface area (TPSA) is 89.9 Å². The molecule has 0 unspecified atom stereocenters. The van der Waals surface area contributed by atoms with Crippen LogP contribution in [0.25, 0.3) is 0 Å². The SMILES string of the molecule is CN(Cc1cccc(F)c1)C(=O)N[C@@H](CCO)C(=O)O. The average Bonchev–Trinajstić information content (AvgIpc) is 2.37. The summed E-state index contributed by atoms with van der Waals surface area (Å²) >= 11 is 0. The van der Waals surface area contributed by atoms with Crippen LogP contribution in [0.15, 0.2) is 24.3 Å². The first-order chi connectivity index (χ1) is 9.43. The number of aliphatic hydroxyl groups is 1. The summed E-state index contributed by atoms with van der Waals surface area (Å²) in [4.78, 5) is 23.9. The van der Waals surface area contributed by atoms with Gasteiger partial charge in [0.05, 0.1) is 0 Å². The Morgan fingerprint density at radius 2 is 2.15 bits per heavy atom. The molecule has 20 heavy (non-hydrogen) atoms. The van der Waals surface area contributed by atoms with Gasteiger partial charge in [-0.3, -0.25) is 0 Å². The molecule has 2 amide bonds. The van der Waals surface area contributed by atoms with Crippen LogP contribution in [-0.2, 0) is 11.3 Å². The molecule has 110 valence electrons. The Labute approximate surface area is 115 Å². The second-order valence-electron chi connectivity index (χ2n) is 4.34. The van der Waals surface area contributed by atoms with Crippen LogP contribution in [0.4, 0.5) is 9.18 Å². The number of carbonyl (C=O) groups excluding carboxylic acids is 1. The summed E-state index contributed by atoms with van der Waals surface area (Å²) < 4.78 is 13.0. The molecule has 7 heteroatoms. The molecule has 1 atom stereocenters. The van der Waals surface area contributed by atoms with Crippen LogP contribution in [-0.4, -0.2) is 46.8 Å². The van der Waals surface area contributed by atoms with Gasteiger partial charge in [0.25, 0.3) is 0 Å². The van der Waals surface area contributed by atoms with Crippen molar-refractivity contribution in [3.05, 3.63) is 35.6 Å². The molecular formula is C13H17FN2O4. The molecule has 0 radical (unpaired) electrons. The van der Waals surface area contributed by atoms with E-state index in [4.69, 9.17) is 10.2 Å². The largest absolute Gasteiger partial charge is 0.480 e. The van der Waals surface area contributed by atoms with Gasteiger partial charge in [-0.15, -0.1) is 0 Å². The number of aliphatic hydroxyl groups excluding tert-OH is 1. The molecule has 0 spiro atoms. The van der Waals surface area contributed by atoms with E-state index in [0.29, 0.717) is 5.56 Å². The number of halogens is 1. The molecule has 0 heterocycles. The van der Waals surface area contributed by atoms with Crippen LogP contribution in [0.3, 0.4) is 0 Å². The van der Waals surface area contributed by atoms with Gasteiger partial charge in [-0.05, 0) is 17.7 Å². The van der Waals surface area contributed by atoms with Gasteiger partial charge < -0.3 is 20.4 Å². The molecule has 0 fully saturated rings. The van der Waals surface area contributed by atoms with Crippen molar-refractivity contribution in [1.29, 1.82) is 0 Å². The number of urea groups is 1. The van der Waals surface area contributed by atoms with E-state index in [-0.39, 0.29) is 19.6 Å². The molecule has 0 aliphatic rings. The highest BCUT2D eigenvalue weighted by molar-refractivity contribution is 5.82. The van der Waals surface area contributed by atoms with Gasteiger partial charge in [0.2, 0.25) is 0 Å². The number of nitrogens with zero attached hydrogens (tertiary/aromatic N) is 1. The molecule has 0 aliphatic heterocycles. The molecule has 6 nitrogen and oxygen atoms in total. The van der Waals surface area contributed by atoms with Gasteiger partial charge in [-0.1, -0.05) is 12.1 Å². The summed E-state index contributed by atoms with van der Waals surface area (Å²) in [6, 6.07) is 4.03. The third kappa shape index (κ3) is 4.85. The lowest BCUT2D eigenvalue weighted by Gasteiger charge is -2.21. The fourth-order valence-corrected chi connectivity index (χ4v) is 1.63. The third-order valence-electron chi connectivity index (χ3n) is 2.67. The number of nitrogens with one attached hydrogen (secondary N) is 1. The zero-order valence-electron chi connectivity index (χ0n) is 11.0. The fourth-order valence-electron chi connectivity index (χ4n) is 1.63. The van der Waals surface area contributed by atoms with Gasteiger partial charge in [0, 0.05) is 26.6 Å². The van der Waals surface area contributed by atoms with E-state index in [1.165, 1.54) is 30.1 Å². The number of aliphatic carboxylic acids is 1. The van der Waals surface area contributed by atoms with Gasteiger partial charge in [-0.25, -0.2) is 14.0 Å². The maximum Gasteiger partial charge on any atom is 0.326 e. The van der Waals surface area contributed by atoms with Gasteiger partial charge >= 0.3 is 12.0 Å². The highest BCUT2D eigenvalue weighted by Gasteiger charge is 2.21. The molecule has 0 saturated heterocycles. The molecule has 0 bridgehead atoms. The van der Waals surface area contributed by atoms with Gasteiger partial charge in [0.15, 0.2) is 0 Å². The van der Waals surface area contributed by atoms with Crippen molar-refractivity contribution in [1.82, 2.24) is 10.2 Å². The maximum atomic E-state index is 13.0. The third-order valence-corrected chi connectivity index (χ3v) is 2.67. The Morgan fingerprint density at radius 1 is 1.45 bits per heavy atom. The number of carboxylic acid groups (broad SMARTS) is 1. The number of amides is 2. The lowest BCUT2D eigenvalue weighted by molar-refractivity contribution is -0.139. The average molecular weight is 284 g/mol. The highest BCUT2D eigenvalue weighted by atomic mass is 19.1. The van der Waals surface area contributed by atoms with Crippen molar-refractivity contribution >= 4 is 12.0 Å². The van der Waals surface area contributed by atoms with Crippen molar-refractivity contribution in [3.63, 3.8) is 0 Å². The molecular weight excluding hydrogens is 267 g/mol. The Kier molecular flexibility index (Phi) is 5.92. The van der Waals surface area contributed by atoms with E-state index >= 15 is 0 Å². The minimum Gasteiger partial charge on any atom is -0.480 e. The number of hydrogen-bond acceptors (Lipinski definition) is 3. The second kappa shape index (κ2) is 7.44. The number of hydrogen-bond donors (Lipinski definition) is 3. The zero-order valence-corrected chi connectivity index (χ0v) is 11.0. The van der Waals surface area contributed by atoms with Crippen LogP contribution in [0.2, 0.25) is 0 Å². The fraction of sp³-hybridized carbons (Fsp3) is 0.385. The second-order valence-corrected chi connectivity index (χ2v) is 4.34. The first kappa shape index (κ1) is 15.9. The van der Waals surface area contributed by atoms with E-state index in [1.54, 1.807) is 6.07 Å². The first-order valence-corrected chi connectivity index (χ1v) is 6.03. The van der Waals surface area contributed by atoms with E-state index in [2.05, 4.69) is 5.32 Å². The summed E-state index contributed by atoms with van der Waals surface area (Å²) in [7, 11) is 1.47. The standard InChI is InChI=1S/C13H17FN2O4/c1-16(8-9-3-2-4-10(14)7-9)13(20)15-11(5-6-17)12(18)19/h2-4,7,11,17H,5-6,8H2,1H3,(H,15,20)(H,18,19)/t11-/m0/s1. The summed E-state index contributed by atoms with van der Waals surface area (Å²) in [6.07, 6.45) is -0.0745. The van der Waals surface area contributed by atoms with E-state index < -0.39 is 23.9 Å². The minimum atomic E-state index is -1.22. The predicted molar refractivity (Wildman–Crippen MR) is 69.5 cm³/mol. The quantitative estimate of drug-likeness (QED) is 0.721. The molecule has 1 rings (SSSR count). The minimum absolute atomic E-state index is 0.0745. The number of rotatable bonds is 6. The predicted octanol–water partition coefficient (Wildman–Crippen LogP) is 0.803. The molecule has 0 saturated carbocycles.